The smallest absolute Gasteiger partial charge is 0.243 e. The molecule has 12 nitrogen and oxygen atoms in total. The fraction of sp³-hybridized carbons (Fsp3) is 0.462. The number of aromatic nitrogens is 4. The van der Waals surface area contributed by atoms with E-state index < -0.39 is 10.0 Å². The van der Waals surface area contributed by atoms with Crippen molar-refractivity contribution in [3.8, 4) is 11.4 Å². The van der Waals surface area contributed by atoms with Gasteiger partial charge in [-0.05, 0) is 44.2 Å². The molecule has 0 saturated carbocycles. The van der Waals surface area contributed by atoms with Gasteiger partial charge >= 0.3 is 0 Å². The van der Waals surface area contributed by atoms with E-state index in [1.165, 1.54) is 16.1 Å². The first-order valence-corrected chi connectivity index (χ1v) is 15.5. The number of thioether (sulfide) groups is 1. The Balaban J connectivity index is 1.55. The third kappa shape index (κ3) is 6.99. The molecule has 1 N–H and O–H groups in total. The number of carbonyl (C=O) groups excluding carboxylic acids is 1. The summed E-state index contributed by atoms with van der Waals surface area (Å²) in [7, 11) is -2.11. The van der Waals surface area contributed by atoms with Crippen molar-refractivity contribution < 1.29 is 22.7 Å². The average molecular weight is 590 g/mol. The van der Waals surface area contributed by atoms with Crippen LogP contribution in [0.4, 0.5) is 11.4 Å². The predicted octanol–water partition coefficient (Wildman–Crippen LogP) is 2.58. The van der Waals surface area contributed by atoms with Crippen LogP contribution in [0.15, 0.2) is 52.8 Å². The minimum Gasteiger partial charge on any atom is -0.383 e. The lowest BCUT2D eigenvalue weighted by atomic mass is 10.2. The summed E-state index contributed by atoms with van der Waals surface area (Å²) in [6.07, 6.45) is 3.37. The maximum absolute atomic E-state index is 13.3. The number of hydrogen-bond acceptors (Lipinski definition) is 10. The Morgan fingerprint density at radius 1 is 1.12 bits per heavy atom. The van der Waals surface area contributed by atoms with E-state index in [2.05, 4.69) is 25.4 Å². The molecule has 2 aromatic heterocycles. The van der Waals surface area contributed by atoms with E-state index in [1.54, 1.807) is 37.7 Å². The van der Waals surface area contributed by atoms with Gasteiger partial charge in [0.1, 0.15) is 0 Å². The standard InChI is InChI=1S/C26H35N7O5S2/c1-4-31(5-2)23-7-6-21(40(35,36)32-12-16-38-17-13-32)18-22(23)28-24(34)19-39-26-30-29-25(33(26)14-15-37-3)20-8-10-27-11-9-20/h6-11,18H,4-5,12-17,19H2,1-3H3,(H,28,34). The molecular formula is C26H35N7O5S2. The summed E-state index contributed by atoms with van der Waals surface area (Å²) in [5.41, 5.74) is 2.06. The molecule has 1 aliphatic heterocycles. The van der Waals surface area contributed by atoms with Crippen molar-refractivity contribution in [3.63, 3.8) is 0 Å². The molecular weight excluding hydrogens is 554 g/mol. The number of anilines is 2. The Morgan fingerprint density at radius 3 is 2.52 bits per heavy atom. The highest BCUT2D eigenvalue weighted by molar-refractivity contribution is 7.99. The summed E-state index contributed by atoms with van der Waals surface area (Å²) >= 11 is 1.25. The lowest BCUT2D eigenvalue weighted by Crippen LogP contribution is -2.40. The molecule has 0 bridgehead atoms. The zero-order valence-corrected chi connectivity index (χ0v) is 24.6. The molecule has 0 radical (unpaired) electrons. The summed E-state index contributed by atoms with van der Waals surface area (Å²) in [4.78, 5) is 19.4. The van der Waals surface area contributed by atoms with Crippen molar-refractivity contribution in [3.05, 3.63) is 42.7 Å². The third-order valence-electron chi connectivity index (χ3n) is 6.46. The predicted molar refractivity (Wildman–Crippen MR) is 154 cm³/mol. The molecule has 3 heterocycles. The molecule has 1 amide bonds. The molecule has 3 aromatic rings. The quantitative estimate of drug-likeness (QED) is 0.297. The number of ether oxygens (including phenoxy) is 2. The Bertz CT molecular complexity index is 1380. The van der Waals surface area contributed by atoms with Gasteiger partial charge in [0.25, 0.3) is 0 Å². The van der Waals surface area contributed by atoms with Crippen molar-refractivity contribution in [2.45, 2.75) is 30.4 Å². The van der Waals surface area contributed by atoms with Crippen molar-refractivity contribution in [1.29, 1.82) is 0 Å². The van der Waals surface area contributed by atoms with Crippen molar-refractivity contribution in [2.24, 2.45) is 0 Å². The second-order valence-electron chi connectivity index (χ2n) is 8.89. The second kappa shape index (κ2) is 14.0. The Hall–Kier alpha value is -3.04. The van der Waals surface area contributed by atoms with Crippen molar-refractivity contribution in [2.75, 3.05) is 69.1 Å². The highest BCUT2D eigenvalue weighted by atomic mass is 32.2. The van der Waals surface area contributed by atoms with E-state index in [0.29, 0.717) is 69.2 Å². The number of pyridine rings is 1. The molecule has 1 fully saturated rings. The Kier molecular flexibility index (Phi) is 10.5. The fourth-order valence-electron chi connectivity index (χ4n) is 4.36. The number of hydrogen-bond donors (Lipinski definition) is 1. The van der Waals surface area contributed by atoms with Crippen LogP contribution in [0.3, 0.4) is 0 Å². The molecule has 14 heteroatoms. The average Bonchev–Trinajstić information content (AvgIpc) is 3.39. The van der Waals surface area contributed by atoms with Crippen LogP contribution in [-0.2, 0) is 30.8 Å². The number of carbonyl (C=O) groups is 1. The van der Waals surface area contributed by atoms with E-state index in [0.717, 1.165) is 11.3 Å². The first-order chi connectivity index (χ1) is 19.4. The van der Waals surface area contributed by atoms with Crippen LogP contribution in [0.1, 0.15) is 13.8 Å². The lowest BCUT2D eigenvalue weighted by Gasteiger charge is -2.28. The molecule has 1 aromatic carbocycles. The minimum atomic E-state index is -3.73. The molecule has 0 spiro atoms. The number of morpholine rings is 1. The van der Waals surface area contributed by atoms with E-state index in [4.69, 9.17) is 9.47 Å². The van der Waals surface area contributed by atoms with E-state index in [9.17, 15) is 13.2 Å². The topological polar surface area (TPSA) is 132 Å². The van der Waals surface area contributed by atoms with Gasteiger partial charge in [0.05, 0.1) is 48.4 Å². The summed E-state index contributed by atoms with van der Waals surface area (Å²) in [6, 6.07) is 8.60. The van der Waals surface area contributed by atoms with Crippen LogP contribution in [0.2, 0.25) is 0 Å². The second-order valence-corrected chi connectivity index (χ2v) is 11.8. The van der Waals surface area contributed by atoms with Gasteiger partial charge in [-0.2, -0.15) is 4.31 Å². The van der Waals surface area contributed by atoms with E-state index in [1.807, 2.05) is 30.5 Å². The van der Waals surface area contributed by atoms with Crippen LogP contribution in [0.25, 0.3) is 11.4 Å². The number of nitrogens with zero attached hydrogens (tertiary/aromatic N) is 6. The highest BCUT2D eigenvalue weighted by Crippen LogP contribution is 2.31. The minimum absolute atomic E-state index is 0.0552. The zero-order valence-electron chi connectivity index (χ0n) is 22.9. The zero-order chi connectivity index (χ0) is 28.5. The monoisotopic (exact) mass is 589 g/mol. The summed E-state index contributed by atoms with van der Waals surface area (Å²) < 4.78 is 40.5. The molecule has 0 aliphatic carbocycles. The van der Waals surface area contributed by atoms with Gasteiger partial charge in [0.2, 0.25) is 15.9 Å². The molecule has 0 atom stereocenters. The highest BCUT2D eigenvalue weighted by Gasteiger charge is 2.28. The van der Waals surface area contributed by atoms with Crippen LogP contribution in [0, 0.1) is 0 Å². The summed E-state index contributed by atoms with van der Waals surface area (Å²) in [5.74, 6) is 0.429. The van der Waals surface area contributed by atoms with Gasteiger partial charge in [0.15, 0.2) is 11.0 Å². The summed E-state index contributed by atoms with van der Waals surface area (Å²) in [6.45, 7) is 7.69. The number of nitrogens with one attached hydrogen (secondary N) is 1. The van der Waals surface area contributed by atoms with Gasteiger partial charge in [-0.15, -0.1) is 10.2 Å². The third-order valence-corrected chi connectivity index (χ3v) is 9.32. The number of rotatable bonds is 13. The van der Waals surface area contributed by atoms with Gasteiger partial charge in [0, 0.05) is 51.2 Å². The maximum atomic E-state index is 13.3. The van der Waals surface area contributed by atoms with Gasteiger partial charge in [-0.25, -0.2) is 8.42 Å². The Labute approximate surface area is 239 Å². The first kappa shape index (κ1) is 29.9. The lowest BCUT2D eigenvalue weighted by molar-refractivity contribution is -0.113. The summed E-state index contributed by atoms with van der Waals surface area (Å²) in [5, 5.41) is 12.2. The van der Waals surface area contributed by atoms with Crippen LogP contribution >= 0.6 is 11.8 Å². The van der Waals surface area contributed by atoms with Crippen molar-refractivity contribution in [1.82, 2.24) is 24.1 Å². The van der Waals surface area contributed by atoms with Gasteiger partial charge < -0.3 is 19.7 Å². The molecule has 1 saturated heterocycles. The molecule has 0 unspecified atom stereocenters. The van der Waals surface area contributed by atoms with Gasteiger partial charge in [-0.3, -0.25) is 14.3 Å². The molecule has 40 heavy (non-hydrogen) atoms. The normalized spacial score (nSPS) is 14.3. The number of benzene rings is 1. The van der Waals surface area contributed by atoms with Crippen LogP contribution in [0.5, 0.6) is 0 Å². The maximum Gasteiger partial charge on any atom is 0.243 e. The molecule has 1 aliphatic rings. The number of amides is 1. The number of sulfonamides is 1. The molecule has 216 valence electrons. The van der Waals surface area contributed by atoms with E-state index in [-0.39, 0.29) is 16.6 Å². The van der Waals surface area contributed by atoms with E-state index >= 15 is 0 Å². The SMILES string of the molecule is CCN(CC)c1ccc(S(=O)(=O)N2CCOCC2)cc1NC(=O)CSc1nnc(-c2ccncc2)n1CCOC. The van der Waals surface area contributed by atoms with Crippen LogP contribution in [-0.4, -0.2) is 97.2 Å². The molecule has 4 rings (SSSR count). The van der Waals surface area contributed by atoms with Crippen molar-refractivity contribution >= 4 is 39.1 Å². The fourth-order valence-corrected chi connectivity index (χ4v) is 6.56. The van der Waals surface area contributed by atoms with Crippen LogP contribution < -0.4 is 10.2 Å². The first-order valence-electron chi connectivity index (χ1n) is 13.1. The Morgan fingerprint density at radius 2 is 1.85 bits per heavy atom. The largest absolute Gasteiger partial charge is 0.383 e. The van der Waals surface area contributed by atoms with Gasteiger partial charge in [-0.1, -0.05) is 11.8 Å². The number of methoxy groups -OCH3 is 1.